The Kier molecular flexibility index (Phi) is 6.31. The first-order valence-corrected chi connectivity index (χ1v) is 11.9. The van der Waals surface area contributed by atoms with Gasteiger partial charge in [0.15, 0.2) is 11.8 Å². The molecule has 1 amide bonds. The molecule has 12 heteroatoms. The summed E-state index contributed by atoms with van der Waals surface area (Å²) in [5.74, 6) is -0.637. The van der Waals surface area contributed by atoms with Crippen molar-refractivity contribution in [3.05, 3.63) is 81.0 Å². The summed E-state index contributed by atoms with van der Waals surface area (Å²) in [7, 11) is 0. The highest BCUT2D eigenvalue weighted by molar-refractivity contribution is 6.36. The predicted molar refractivity (Wildman–Crippen MR) is 133 cm³/mol. The van der Waals surface area contributed by atoms with E-state index >= 15 is 0 Å². The van der Waals surface area contributed by atoms with E-state index in [4.69, 9.17) is 28.0 Å². The van der Waals surface area contributed by atoms with Crippen molar-refractivity contribution in [3.63, 3.8) is 0 Å². The molecule has 0 radical (unpaired) electrons. The van der Waals surface area contributed by atoms with Crippen LogP contribution in [0.3, 0.4) is 0 Å². The molecule has 1 N–H and O–H groups in total. The molecule has 1 aliphatic rings. The van der Waals surface area contributed by atoms with Gasteiger partial charge in [0.25, 0.3) is 0 Å². The summed E-state index contributed by atoms with van der Waals surface area (Å²) in [4.78, 5) is 38.7. The zero-order chi connectivity index (χ0) is 25.6. The Bertz CT molecular complexity index is 1560. The van der Waals surface area contributed by atoms with Crippen molar-refractivity contribution in [2.24, 2.45) is 0 Å². The maximum Gasteiger partial charge on any atom is 0.360 e. The monoisotopic (exact) mass is 530 g/mol. The first-order chi connectivity index (χ1) is 17.2. The minimum absolute atomic E-state index is 0.00117. The summed E-state index contributed by atoms with van der Waals surface area (Å²) in [6, 6.07) is 4.31. The number of rotatable bonds is 5. The van der Waals surface area contributed by atoms with E-state index in [-0.39, 0.29) is 27.6 Å². The fourth-order valence-electron chi connectivity index (χ4n) is 4.15. The molecule has 1 aliphatic heterocycles. The summed E-state index contributed by atoms with van der Waals surface area (Å²) in [6.07, 6.45) is 8.83. The predicted octanol–water partition coefficient (Wildman–Crippen LogP) is 4.53. The molecule has 186 valence electrons. The van der Waals surface area contributed by atoms with Gasteiger partial charge >= 0.3 is 5.69 Å². The smallest absolute Gasteiger partial charge is 0.360 e. The van der Waals surface area contributed by atoms with Crippen molar-refractivity contribution in [2.75, 3.05) is 6.54 Å². The Labute approximate surface area is 214 Å². The molecule has 4 aromatic rings. The number of fused-ring (bicyclic) bond motifs is 1. The SMILES string of the molecule is CC(=O)N1C=CC(n2cc(-c3cnc4[nH]c(=O)n(OC(C)c5c(Cl)ccc(F)c5Cl)c4c3)cn2)CC1. The topological polar surface area (TPSA) is 98.0 Å². The van der Waals surface area contributed by atoms with Crippen molar-refractivity contribution in [1.29, 1.82) is 0 Å². The number of allylic oxidation sites excluding steroid dienone is 1. The van der Waals surface area contributed by atoms with Gasteiger partial charge in [-0.3, -0.25) is 14.5 Å². The quantitative estimate of drug-likeness (QED) is 0.382. The normalized spacial score (nSPS) is 16.5. The minimum atomic E-state index is -0.837. The van der Waals surface area contributed by atoms with Crippen LogP contribution < -0.4 is 10.5 Å². The van der Waals surface area contributed by atoms with Crippen LogP contribution in [-0.2, 0) is 4.79 Å². The van der Waals surface area contributed by atoms with Gasteiger partial charge in [-0.15, -0.1) is 4.73 Å². The average molecular weight is 531 g/mol. The number of aromatic nitrogens is 5. The van der Waals surface area contributed by atoms with Gasteiger partial charge in [-0.25, -0.2) is 14.2 Å². The van der Waals surface area contributed by atoms with E-state index in [1.54, 1.807) is 36.5 Å². The molecule has 4 heterocycles. The third-order valence-corrected chi connectivity index (χ3v) is 6.79. The number of imidazole rings is 1. The fourth-order valence-corrected chi connectivity index (χ4v) is 4.83. The highest BCUT2D eigenvalue weighted by atomic mass is 35.5. The summed E-state index contributed by atoms with van der Waals surface area (Å²) in [5.41, 5.74) is 1.88. The Morgan fingerprint density at radius 3 is 2.81 bits per heavy atom. The maximum atomic E-state index is 14.0. The first kappa shape index (κ1) is 24.1. The van der Waals surface area contributed by atoms with Gasteiger partial charge in [-0.2, -0.15) is 5.10 Å². The number of aromatic amines is 1. The van der Waals surface area contributed by atoms with Gasteiger partial charge < -0.3 is 9.74 Å². The lowest BCUT2D eigenvalue weighted by Gasteiger charge is -2.25. The van der Waals surface area contributed by atoms with Gasteiger partial charge in [0.05, 0.1) is 17.3 Å². The molecular weight excluding hydrogens is 510 g/mol. The highest BCUT2D eigenvalue weighted by Gasteiger charge is 2.22. The zero-order valence-corrected chi connectivity index (χ0v) is 20.8. The van der Waals surface area contributed by atoms with Gasteiger partial charge in [-0.05, 0) is 37.6 Å². The number of hydrogen-bond acceptors (Lipinski definition) is 5. The third-order valence-electron chi connectivity index (χ3n) is 6.08. The molecule has 0 saturated carbocycles. The number of benzene rings is 1. The number of nitrogens with one attached hydrogen (secondary N) is 1. The van der Waals surface area contributed by atoms with Crippen LogP contribution in [0.2, 0.25) is 10.0 Å². The van der Waals surface area contributed by atoms with Gasteiger partial charge in [0.2, 0.25) is 5.91 Å². The van der Waals surface area contributed by atoms with E-state index in [0.717, 1.165) is 22.8 Å². The van der Waals surface area contributed by atoms with Crippen molar-refractivity contribution < 1.29 is 14.0 Å². The number of carbonyl (C=O) groups is 1. The van der Waals surface area contributed by atoms with E-state index in [1.165, 1.54) is 13.0 Å². The molecule has 3 aromatic heterocycles. The molecule has 36 heavy (non-hydrogen) atoms. The first-order valence-electron chi connectivity index (χ1n) is 11.1. The van der Waals surface area contributed by atoms with Crippen molar-refractivity contribution in [3.8, 4) is 11.1 Å². The lowest BCUT2D eigenvalue weighted by atomic mass is 10.1. The van der Waals surface area contributed by atoms with Crippen LogP contribution in [0.25, 0.3) is 22.3 Å². The van der Waals surface area contributed by atoms with E-state index in [0.29, 0.717) is 23.3 Å². The minimum Gasteiger partial charge on any atom is -0.401 e. The number of carbonyl (C=O) groups excluding carboxylic acids is 1. The summed E-state index contributed by atoms with van der Waals surface area (Å²) in [5, 5.41) is 4.52. The second kappa shape index (κ2) is 9.44. The van der Waals surface area contributed by atoms with Crippen LogP contribution in [-0.4, -0.2) is 41.8 Å². The average Bonchev–Trinajstić information content (AvgIpc) is 3.47. The number of halogens is 3. The van der Waals surface area contributed by atoms with Crippen LogP contribution in [0, 0.1) is 5.82 Å². The Morgan fingerprint density at radius 2 is 2.08 bits per heavy atom. The highest BCUT2D eigenvalue weighted by Crippen LogP contribution is 2.33. The third kappa shape index (κ3) is 4.38. The lowest BCUT2D eigenvalue weighted by molar-refractivity contribution is -0.126. The van der Waals surface area contributed by atoms with Gasteiger partial charge in [0.1, 0.15) is 11.3 Å². The van der Waals surface area contributed by atoms with Gasteiger partial charge in [-0.1, -0.05) is 23.2 Å². The van der Waals surface area contributed by atoms with Crippen LogP contribution in [0.1, 0.15) is 38.0 Å². The standard InChI is InChI=1S/C24H21Cl2FN6O3/c1-13(21-18(25)3-4-19(27)22(21)26)36-33-20-9-15(10-28-23(20)30-24(33)35)16-11-29-32(12-16)17-5-7-31(8-6-17)14(2)34/h3-5,7,9-13,17H,6,8H2,1-2H3,(H,28,30,35). The summed E-state index contributed by atoms with van der Waals surface area (Å²) < 4.78 is 16.9. The second-order valence-electron chi connectivity index (χ2n) is 8.44. The number of H-pyrrole nitrogens is 1. The molecule has 0 fully saturated rings. The van der Waals surface area contributed by atoms with Crippen molar-refractivity contribution in [2.45, 2.75) is 32.4 Å². The van der Waals surface area contributed by atoms with Crippen molar-refractivity contribution >= 4 is 40.3 Å². The summed E-state index contributed by atoms with van der Waals surface area (Å²) in [6.45, 7) is 3.76. The lowest BCUT2D eigenvalue weighted by Crippen LogP contribution is -2.29. The van der Waals surface area contributed by atoms with Crippen LogP contribution in [0.15, 0.2) is 53.9 Å². The molecule has 0 bridgehead atoms. The molecular formula is C24H21Cl2FN6O3. The van der Waals surface area contributed by atoms with E-state index < -0.39 is 17.6 Å². The number of nitrogens with zero attached hydrogens (tertiary/aromatic N) is 5. The fraction of sp³-hybridized carbons (Fsp3) is 0.250. The van der Waals surface area contributed by atoms with Crippen LogP contribution >= 0.6 is 23.2 Å². The largest absolute Gasteiger partial charge is 0.401 e. The molecule has 9 nitrogen and oxygen atoms in total. The van der Waals surface area contributed by atoms with E-state index in [2.05, 4.69) is 15.1 Å². The number of pyridine rings is 1. The van der Waals surface area contributed by atoms with Crippen molar-refractivity contribution in [1.82, 2.24) is 29.4 Å². The van der Waals surface area contributed by atoms with E-state index in [1.807, 2.05) is 17.0 Å². The Balaban J connectivity index is 1.44. The molecule has 1 aromatic carbocycles. The summed E-state index contributed by atoms with van der Waals surface area (Å²) >= 11 is 12.3. The Morgan fingerprint density at radius 1 is 1.28 bits per heavy atom. The molecule has 0 spiro atoms. The van der Waals surface area contributed by atoms with E-state index in [9.17, 15) is 14.0 Å². The molecule has 0 aliphatic carbocycles. The Hall–Kier alpha value is -3.63. The molecule has 2 unspecified atom stereocenters. The van der Waals surface area contributed by atoms with Gasteiger partial charge in [0, 0.05) is 53.8 Å². The van der Waals surface area contributed by atoms with Crippen LogP contribution in [0.4, 0.5) is 4.39 Å². The number of hydrogen-bond donors (Lipinski definition) is 1. The molecule has 0 saturated heterocycles. The van der Waals surface area contributed by atoms with Crippen LogP contribution in [0.5, 0.6) is 0 Å². The number of amides is 1. The second-order valence-corrected chi connectivity index (χ2v) is 9.22. The maximum absolute atomic E-state index is 14.0. The molecule has 2 atom stereocenters. The molecule has 5 rings (SSSR count). The zero-order valence-electron chi connectivity index (χ0n) is 19.3.